The topological polar surface area (TPSA) is 33.4 Å². The van der Waals surface area contributed by atoms with Crippen LogP contribution >= 0.6 is 0 Å². The van der Waals surface area contributed by atoms with Crippen molar-refractivity contribution in [2.45, 2.75) is 19.3 Å². The predicted octanol–water partition coefficient (Wildman–Crippen LogP) is 1.97. The molecule has 84 valence electrons. The second-order valence-corrected chi connectivity index (χ2v) is 4.60. The summed E-state index contributed by atoms with van der Waals surface area (Å²) in [4.78, 5) is 6.43. The highest BCUT2D eigenvalue weighted by atomic mass is 15.3. The Kier molecular flexibility index (Phi) is 2.27. The summed E-state index contributed by atoms with van der Waals surface area (Å²) in [5, 5.41) is 4.53. The summed E-state index contributed by atoms with van der Waals surface area (Å²) in [6.45, 7) is 1.12. The number of hydrogen-bond acceptors (Lipinski definition) is 3. The molecule has 1 aliphatic rings. The van der Waals surface area contributed by atoms with E-state index in [1.54, 1.807) is 6.20 Å². The summed E-state index contributed by atoms with van der Waals surface area (Å²) in [6, 6.07) is 4.06. The van der Waals surface area contributed by atoms with Crippen molar-refractivity contribution >= 4 is 11.5 Å². The van der Waals surface area contributed by atoms with Crippen molar-refractivity contribution in [3.05, 3.63) is 24.5 Å². The number of rotatable bonds is 3. The third-order valence-electron chi connectivity index (χ3n) is 3.39. The van der Waals surface area contributed by atoms with Gasteiger partial charge in [0, 0.05) is 26.0 Å². The lowest BCUT2D eigenvalue weighted by atomic mass is 9.85. The maximum atomic E-state index is 4.53. The molecule has 0 saturated heterocycles. The molecular formula is C12H16N4. The molecule has 1 aliphatic carbocycles. The molecule has 0 unspecified atom stereocenters. The Bertz CT molecular complexity index is 486. The number of hydrogen-bond donors (Lipinski definition) is 0. The molecule has 1 saturated carbocycles. The zero-order valence-electron chi connectivity index (χ0n) is 9.50. The van der Waals surface area contributed by atoms with Gasteiger partial charge in [0.15, 0.2) is 5.65 Å². The van der Waals surface area contributed by atoms with Gasteiger partial charge in [-0.25, -0.2) is 9.50 Å². The van der Waals surface area contributed by atoms with E-state index in [1.165, 1.54) is 19.3 Å². The van der Waals surface area contributed by atoms with Crippen molar-refractivity contribution < 1.29 is 0 Å². The van der Waals surface area contributed by atoms with Crippen molar-refractivity contribution in [2.24, 2.45) is 5.92 Å². The average molecular weight is 216 g/mol. The van der Waals surface area contributed by atoms with Crippen molar-refractivity contribution in [1.82, 2.24) is 14.6 Å². The Hall–Kier alpha value is -1.58. The van der Waals surface area contributed by atoms with Gasteiger partial charge in [-0.2, -0.15) is 0 Å². The van der Waals surface area contributed by atoms with Gasteiger partial charge in [0.1, 0.15) is 5.82 Å². The van der Waals surface area contributed by atoms with Crippen molar-refractivity contribution in [3.63, 3.8) is 0 Å². The van der Waals surface area contributed by atoms with Crippen molar-refractivity contribution in [3.8, 4) is 0 Å². The SMILES string of the molecule is CN(CC1CCC1)c1ccc2nccn2n1. The van der Waals surface area contributed by atoms with Crippen LogP contribution in [0.25, 0.3) is 5.65 Å². The molecule has 0 aromatic carbocycles. The normalized spacial score (nSPS) is 16.3. The second-order valence-electron chi connectivity index (χ2n) is 4.60. The minimum atomic E-state index is 0.866. The Morgan fingerprint density at radius 1 is 1.44 bits per heavy atom. The van der Waals surface area contributed by atoms with E-state index >= 15 is 0 Å². The number of nitrogens with zero attached hydrogens (tertiary/aromatic N) is 4. The van der Waals surface area contributed by atoms with Crippen LogP contribution in [-0.2, 0) is 0 Å². The van der Waals surface area contributed by atoms with Crippen LogP contribution in [0.5, 0.6) is 0 Å². The highest BCUT2D eigenvalue weighted by molar-refractivity contribution is 5.45. The van der Waals surface area contributed by atoms with Gasteiger partial charge < -0.3 is 4.90 Å². The van der Waals surface area contributed by atoms with Crippen LogP contribution in [0.15, 0.2) is 24.5 Å². The lowest BCUT2D eigenvalue weighted by Crippen LogP contribution is -2.30. The molecule has 1 fully saturated rings. The summed E-state index contributed by atoms with van der Waals surface area (Å²) < 4.78 is 1.83. The van der Waals surface area contributed by atoms with Crippen molar-refractivity contribution in [2.75, 3.05) is 18.5 Å². The third kappa shape index (κ3) is 1.64. The number of anilines is 1. The van der Waals surface area contributed by atoms with Gasteiger partial charge in [-0.3, -0.25) is 0 Å². The average Bonchev–Trinajstić information content (AvgIpc) is 2.69. The van der Waals surface area contributed by atoms with E-state index in [1.807, 2.05) is 22.8 Å². The van der Waals surface area contributed by atoms with E-state index in [0.717, 1.165) is 23.9 Å². The summed E-state index contributed by atoms with van der Waals surface area (Å²) in [5.74, 6) is 1.89. The first-order chi connectivity index (χ1) is 7.83. The van der Waals surface area contributed by atoms with Crippen LogP contribution in [0.1, 0.15) is 19.3 Å². The maximum absolute atomic E-state index is 4.53. The maximum Gasteiger partial charge on any atom is 0.153 e. The molecule has 4 heteroatoms. The molecule has 0 spiro atoms. The van der Waals surface area contributed by atoms with E-state index in [4.69, 9.17) is 0 Å². The van der Waals surface area contributed by atoms with Crippen LogP contribution in [0, 0.1) is 5.92 Å². The van der Waals surface area contributed by atoms with Crippen LogP contribution in [0.2, 0.25) is 0 Å². The van der Waals surface area contributed by atoms with E-state index in [2.05, 4.69) is 22.0 Å². The summed E-state index contributed by atoms with van der Waals surface area (Å²) in [5.41, 5.74) is 0.904. The summed E-state index contributed by atoms with van der Waals surface area (Å²) >= 11 is 0. The Morgan fingerprint density at radius 2 is 2.31 bits per heavy atom. The molecular weight excluding hydrogens is 200 g/mol. The van der Waals surface area contributed by atoms with Crippen LogP contribution < -0.4 is 4.90 Å². The van der Waals surface area contributed by atoms with Crippen molar-refractivity contribution in [1.29, 1.82) is 0 Å². The largest absolute Gasteiger partial charge is 0.358 e. The third-order valence-corrected chi connectivity index (χ3v) is 3.39. The van der Waals surface area contributed by atoms with Gasteiger partial charge in [-0.1, -0.05) is 6.42 Å². The van der Waals surface area contributed by atoms with Gasteiger partial charge in [-0.15, -0.1) is 5.10 Å². The fourth-order valence-electron chi connectivity index (χ4n) is 2.16. The monoisotopic (exact) mass is 216 g/mol. The van der Waals surface area contributed by atoms with Crippen LogP contribution in [0.3, 0.4) is 0 Å². The molecule has 2 aromatic heterocycles. The van der Waals surface area contributed by atoms with E-state index in [0.29, 0.717) is 0 Å². The summed E-state index contributed by atoms with van der Waals surface area (Å²) in [7, 11) is 2.11. The van der Waals surface area contributed by atoms with Gasteiger partial charge >= 0.3 is 0 Å². The molecule has 0 amide bonds. The lowest BCUT2D eigenvalue weighted by molar-refractivity contribution is 0.321. The highest BCUT2D eigenvalue weighted by Crippen LogP contribution is 2.27. The molecule has 3 rings (SSSR count). The molecule has 0 aliphatic heterocycles. The van der Waals surface area contributed by atoms with Crippen LogP contribution in [0.4, 0.5) is 5.82 Å². The minimum Gasteiger partial charge on any atom is -0.358 e. The van der Waals surface area contributed by atoms with E-state index < -0.39 is 0 Å². The Balaban J connectivity index is 1.80. The van der Waals surface area contributed by atoms with Gasteiger partial charge in [-0.05, 0) is 30.9 Å². The lowest BCUT2D eigenvalue weighted by Gasteiger charge is -2.30. The smallest absolute Gasteiger partial charge is 0.153 e. The predicted molar refractivity (Wildman–Crippen MR) is 63.6 cm³/mol. The molecule has 16 heavy (non-hydrogen) atoms. The molecule has 0 atom stereocenters. The fourth-order valence-corrected chi connectivity index (χ4v) is 2.16. The zero-order chi connectivity index (χ0) is 11.0. The number of fused-ring (bicyclic) bond motifs is 1. The fraction of sp³-hybridized carbons (Fsp3) is 0.500. The minimum absolute atomic E-state index is 0.866. The number of imidazole rings is 1. The molecule has 2 aromatic rings. The van der Waals surface area contributed by atoms with E-state index in [-0.39, 0.29) is 0 Å². The standard InChI is InChI=1S/C12H16N4/c1-15(9-10-3-2-4-10)12-6-5-11-13-7-8-16(11)14-12/h5-8,10H,2-4,9H2,1H3. The molecule has 2 heterocycles. The summed E-state index contributed by atoms with van der Waals surface area (Å²) in [6.07, 6.45) is 7.80. The van der Waals surface area contributed by atoms with Gasteiger partial charge in [0.05, 0.1) is 0 Å². The molecule has 0 radical (unpaired) electrons. The number of aromatic nitrogens is 3. The first kappa shape index (κ1) is 9.63. The zero-order valence-corrected chi connectivity index (χ0v) is 9.50. The quantitative estimate of drug-likeness (QED) is 0.786. The molecule has 0 bridgehead atoms. The van der Waals surface area contributed by atoms with Gasteiger partial charge in [0.25, 0.3) is 0 Å². The molecule has 0 N–H and O–H groups in total. The Labute approximate surface area is 94.9 Å². The Morgan fingerprint density at radius 3 is 3.06 bits per heavy atom. The molecule has 4 nitrogen and oxygen atoms in total. The first-order valence-electron chi connectivity index (χ1n) is 5.84. The first-order valence-corrected chi connectivity index (χ1v) is 5.84. The second kappa shape index (κ2) is 3.77. The highest BCUT2D eigenvalue weighted by Gasteiger charge is 2.19. The van der Waals surface area contributed by atoms with E-state index in [9.17, 15) is 0 Å². The van der Waals surface area contributed by atoms with Crippen LogP contribution in [-0.4, -0.2) is 28.2 Å². The van der Waals surface area contributed by atoms with Gasteiger partial charge in [0.2, 0.25) is 0 Å².